The summed E-state index contributed by atoms with van der Waals surface area (Å²) in [7, 11) is -2.33. The maximum absolute atomic E-state index is 13.2. The SMILES string of the molecule is COc1ccc(CN(Cc2ccco2)C(=O)Nc2c(C)cccc2C)cc1OS(C)(=O)=O. The van der Waals surface area contributed by atoms with Gasteiger partial charge in [-0.15, -0.1) is 0 Å². The number of benzene rings is 2. The third-order valence-corrected chi connectivity index (χ3v) is 5.25. The Morgan fingerprint density at radius 1 is 1.03 bits per heavy atom. The highest BCUT2D eigenvalue weighted by molar-refractivity contribution is 7.86. The van der Waals surface area contributed by atoms with Crippen molar-refractivity contribution >= 4 is 21.8 Å². The minimum atomic E-state index is -3.75. The number of furan rings is 1. The Morgan fingerprint density at radius 2 is 1.75 bits per heavy atom. The zero-order chi connectivity index (χ0) is 23.3. The first-order valence-electron chi connectivity index (χ1n) is 9.87. The molecule has 8 nitrogen and oxygen atoms in total. The first kappa shape index (κ1) is 23.2. The predicted octanol–water partition coefficient (Wildman–Crippen LogP) is 4.48. The van der Waals surface area contributed by atoms with Crippen LogP contribution in [0.15, 0.2) is 59.2 Å². The Bertz CT molecular complexity index is 1170. The van der Waals surface area contributed by atoms with E-state index in [4.69, 9.17) is 13.3 Å². The molecule has 0 atom stereocenters. The number of aryl methyl sites for hydroxylation is 2. The van der Waals surface area contributed by atoms with E-state index in [1.807, 2.05) is 32.0 Å². The van der Waals surface area contributed by atoms with Gasteiger partial charge in [-0.3, -0.25) is 0 Å². The zero-order valence-corrected chi connectivity index (χ0v) is 19.2. The van der Waals surface area contributed by atoms with Crippen LogP contribution in [0.4, 0.5) is 10.5 Å². The molecule has 1 aromatic heterocycles. The number of urea groups is 1. The molecule has 3 rings (SSSR count). The average Bonchev–Trinajstić information content (AvgIpc) is 3.22. The van der Waals surface area contributed by atoms with E-state index in [-0.39, 0.29) is 30.6 Å². The van der Waals surface area contributed by atoms with Crippen molar-refractivity contribution in [1.29, 1.82) is 0 Å². The molecule has 0 fully saturated rings. The number of methoxy groups -OCH3 is 1. The van der Waals surface area contributed by atoms with Gasteiger partial charge in [0.25, 0.3) is 0 Å². The number of hydrogen-bond acceptors (Lipinski definition) is 6. The molecule has 3 aromatic rings. The van der Waals surface area contributed by atoms with Crippen LogP contribution in [0.1, 0.15) is 22.5 Å². The number of para-hydroxylation sites is 1. The summed E-state index contributed by atoms with van der Waals surface area (Å²) >= 11 is 0. The van der Waals surface area contributed by atoms with Crippen LogP contribution < -0.4 is 14.2 Å². The van der Waals surface area contributed by atoms with Gasteiger partial charge < -0.3 is 23.6 Å². The van der Waals surface area contributed by atoms with Gasteiger partial charge in [-0.1, -0.05) is 24.3 Å². The summed E-state index contributed by atoms with van der Waals surface area (Å²) in [5.74, 6) is 0.945. The second kappa shape index (κ2) is 9.78. The molecule has 0 saturated carbocycles. The minimum absolute atomic E-state index is 0.0561. The molecular formula is C23H26N2O6S. The number of ether oxygens (including phenoxy) is 1. The van der Waals surface area contributed by atoms with Crippen LogP contribution in [0.3, 0.4) is 0 Å². The third-order valence-electron chi connectivity index (χ3n) is 4.77. The van der Waals surface area contributed by atoms with Gasteiger partial charge in [-0.05, 0) is 54.8 Å². The van der Waals surface area contributed by atoms with E-state index in [0.29, 0.717) is 11.3 Å². The number of nitrogens with zero attached hydrogens (tertiary/aromatic N) is 1. The molecule has 0 bridgehead atoms. The monoisotopic (exact) mass is 458 g/mol. The second-order valence-electron chi connectivity index (χ2n) is 7.41. The van der Waals surface area contributed by atoms with Gasteiger partial charge in [-0.25, -0.2) is 4.79 Å². The van der Waals surface area contributed by atoms with Crippen molar-refractivity contribution in [2.45, 2.75) is 26.9 Å². The normalized spacial score (nSPS) is 11.1. The molecule has 2 aromatic carbocycles. The van der Waals surface area contributed by atoms with Crippen LogP contribution in [0.2, 0.25) is 0 Å². The van der Waals surface area contributed by atoms with Crippen molar-refractivity contribution in [2.75, 3.05) is 18.7 Å². The standard InChI is InChI=1S/C23H26N2O6S/c1-16-7-5-8-17(2)22(16)24-23(26)25(15-19-9-6-12-30-19)14-18-10-11-20(29-3)21(13-18)31-32(4,27)28/h5-13H,14-15H2,1-4H3,(H,24,26). The molecule has 170 valence electrons. The lowest BCUT2D eigenvalue weighted by atomic mass is 10.1. The lowest BCUT2D eigenvalue weighted by Crippen LogP contribution is -2.34. The number of carbonyl (C=O) groups is 1. The molecule has 0 spiro atoms. The van der Waals surface area contributed by atoms with E-state index < -0.39 is 10.1 Å². The van der Waals surface area contributed by atoms with E-state index in [0.717, 1.165) is 23.1 Å². The lowest BCUT2D eigenvalue weighted by molar-refractivity contribution is 0.201. The summed E-state index contributed by atoms with van der Waals surface area (Å²) in [5.41, 5.74) is 3.31. The first-order chi connectivity index (χ1) is 15.2. The Kier molecular flexibility index (Phi) is 7.09. The van der Waals surface area contributed by atoms with Crippen molar-refractivity contribution in [3.63, 3.8) is 0 Å². The number of anilines is 1. The molecule has 0 unspecified atom stereocenters. The van der Waals surface area contributed by atoms with E-state index in [1.165, 1.54) is 7.11 Å². The molecule has 0 radical (unpaired) electrons. The van der Waals surface area contributed by atoms with E-state index in [2.05, 4.69) is 5.32 Å². The number of rotatable bonds is 8. The maximum Gasteiger partial charge on any atom is 0.322 e. The number of hydrogen-bond donors (Lipinski definition) is 1. The Labute approximate surface area is 187 Å². The predicted molar refractivity (Wildman–Crippen MR) is 121 cm³/mol. The summed E-state index contributed by atoms with van der Waals surface area (Å²) in [6.07, 6.45) is 2.50. The highest BCUT2D eigenvalue weighted by Gasteiger charge is 2.19. The van der Waals surface area contributed by atoms with Crippen LogP contribution in [0.5, 0.6) is 11.5 Å². The zero-order valence-electron chi connectivity index (χ0n) is 18.4. The van der Waals surface area contributed by atoms with Crippen molar-refractivity contribution in [3.8, 4) is 11.5 Å². The molecule has 1 heterocycles. The van der Waals surface area contributed by atoms with Gasteiger partial charge in [0, 0.05) is 12.2 Å². The molecule has 2 amide bonds. The summed E-state index contributed by atoms with van der Waals surface area (Å²) in [6, 6.07) is 13.9. The van der Waals surface area contributed by atoms with Crippen LogP contribution in [-0.4, -0.2) is 32.7 Å². The summed E-state index contributed by atoms with van der Waals surface area (Å²) in [4.78, 5) is 14.8. The summed E-state index contributed by atoms with van der Waals surface area (Å²) in [6.45, 7) is 4.26. The third kappa shape index (κ3) is 6.04. The van der Waals surface area contributed by atoms with Gasteiger partial charge in [0.1, 0.15) is 5.76 Å². The quantitative estimate of drug-likeness (QED) is 0.500. The molecule has 32 heavy (non-hydrogen) atoms. The number of nitrogens with one attached hydrogen (secondary N) is 1. The van der Waals surface area contributed by atoms with E-state index in [9.17, 15) is 13.2 Å². The van der Waals surface area contributed by atoms with Crippen LogP contribution in [0, 0.1) is 13.8 Å². The van der Waals surface area contributed by atoms with E-state index in [1.54, 1.807) is 41.5 Å². The second-order valence-corrected chi connectivity index (χ2v) is 8.98. The smallest absolute Gasteiger partial charge is 0.322 e. The van der Waals surface area contributed by atoms with Crippen molar-refractivity contribution in [3.05, 3.63) is 77.2 Å². The fourth-order valence-corrected chi connectivity index (χ4v) is 3.71. The number of amides is 2. The summed E-state index contributed by atoms with van der Waals surface area (Å²) < 4.78 is 38.9. The first-order valence-corrected chi connectivity index (χ1v) is 11.7. The molecule has 0 aliphatic carbocycles. The fourth-order valence-electron chi connectivity index (χ4n) is 3.26. The van der Waals surface area contributed by atoms with Gasteiger partial charge >= 0.3 is 16.1 Å². The Hall–Kier alpha value is -3.46. The van der Waals surface area contributed by atoms with Gasteiger partial charge in [-0.2, -0.15) is 8.42 Å². The molecule has 0 saturated heterocycles. The molecule has 0 aliphatic heterocycles. The Morgan fingerprint density at radius 3 is 2.34 bits per heavy atom. The molecule has 0 aliphatic rings. The number of carbonyl (C=O) groups excluding carboxylic acids is 1. The van der Waals surface area contributed by atoms with Crippen LogP contribution in [-0.2, 0) is 23.2 Å². The van der Waals surface area contributed by atoms with Gasteiger partial charge in [0.2, 0.25) is 0 Å². The highest BCUT2D eigenvalue weighted by atomic mass is 32.2. The Balaban J connectivity index is 1.89. The van der Waals surface area contributed by atoms with Crippen LogP contribution >= 0.6 is 0 Å². The average molecular weight is 459 g/mol. The van der Waals surface area contributed by atoms with Crippen molar-refractivity contribution in [1.82, 2.24) is 4.90 Å². The van der Waals surface area contributed by atoms with Crippen LogP contribution in [0.25, 0.3) is 0 Å². The van der Waals surface area contributed by atoms with E-state index >= 15 is 0 Å². The molecular weight excluding hydrogens is 432 g/mol. The van der Waals surface area contributed by atoms with Crippen molar-refractivity contribution < 1.29 is 26.5 Å². The largest absolute Gasteiger partial charge is 0.493 e. The highest BCUT2D eigenvalue weighted by Crippen LogP contribution is 2.30. The topological polar surface area (TPSA) is 98.1 Å². The molecule has 9 heteroatoms. The van der Waals surface area contributed by atoms with Crippen molar-refractivity contribution in [2.24, 2.45) is 0 Å². The van der Waals surface area contributed by atoms with Gasteiger partial charge in [0.05, 0.1) is 26.2 Å². The maximum atomic E-state index is 13.2. The molecule has 1 N–H and O–H groups in total. The minimum Gasteiger partial charge on any atom is -0.493 e. The lowest BCUT2D eigenvalue weighted by Gasteiger charge is -2.24. The van der Waals surface area contributed by atoms with Gasteiger partial charge in [0.15, 0.2) is 11.5 Å². The summed E-state index contributed by atoms with van der Waals surface area (Å²) in [5, 5.41) is 2.98. The fraction of sp³-hybridized carbons (Fsp3) is 0.261.